The van der Waals surface area contributed by atoms with Crippen LogP contribution in [0.1, 0.15) is 6.92 Å². The van der Waals surface area contributed by atoms with Crippen LogP contribution in [0.15, 0.2) is 76.0 Å². The fourth-order valence-electron chi connectivity index (χ4n) is 3.30. The highest BCUT2D eigenvalue weighted by Crippen LogP contribution is 2.28. The first-order chi connectivity index (χ1) is 15.0. The van der Waals surface area contributed by atoms with E-state index in [-0.39, 0.29) is 11.5 Å². The number of thioether (sulfide) groups is 2. The summed E-state index contributed by atoms with van der Waals surface area (Å²) < 4.78 is 3.36. The highest BCUT2D eigenvalue weighted by molar-refractivity contribution is 8.00. The monoisotopic (exact) mass is 451 g/mol. The maximum Gasteiger partial charge on any atom is 0.263 e. The van der Waals surface area contributed by atoms with Gasteiger partial charge < -0.3 is 5.32 Å². The van der Waals surface area contributed by atoms with E-state index >= 15 is 0 Å². The van der Waals surface area contributed by atoms with Crippen molar-refractivity contribution < 1.29 is 4.79 Å². The summed E-state index contributed by atoms with van der Waals surface area (Å²) in [4.78, 5) is 26.8. The molecule has 4 rings (SSSR count). The summed E-state index contributed by atoms with van der Waals surface area (Å²) in [6, 6.07) is 15.0. The Bertz CT molecular complexity index is 1340. The van der Waals surface area contributed by atoms with Crippen LogP contribution in [0.3, 0.4) is 0 Å². The van der Waals surface area contributed by atoms with E-state index < -0.39 is 5.25 Å². The highest BCUT2D eigenvalue weighted by atomic mass is 32.2. The second kappa shape index (κ2) is 8.99. The van der Waals surface area contributed by atoms with Crippen molar-refractivity contribution in [2.45, 2.75) is 28.8 Å². The number of carbonyl (C=O) groups is 1. The summed E-state index contributed by atoms with van der Waals surface area (Å²) >= 11 is 2.87. The fourth-order valence-corrected chi connectivity index (χ4v) is 4.71. The molecule has 9 heteroatoms. The van der Waals surface area contributed by atoms with Gasteiger partial charge in [0.1, 0.15) is 0 Å². The summed E-state index contributed by atoms with van der Waals surface area (Å²) in [7, 11) is 0. The van der Waals surface area contributed by atoms with E-state index in [1.165, 1.54) is 16.3 Å². The molecule has 0 aliphatic heterocycles. The molecule has 1 atom stereocenters. The van der Waals surface area contributed by atoms with Gasteiger partial charge in [0.05, 0.1) is 21.8 Å². The number of amides is 1. The van der Waals surface area contributed by atoms with Crippen LogP contribution in [0.4, 0.5) is 5.69 Å². The first kappa shape index (κ1) is 21.2. The largest absolute Gasteiger partial charge is 0.324 e. The molecular formula is C22H21N5O2S2. The van der Waals surface area contributed by atoms with Gasteiger partial charge in [-0.2, -0.15) is 0 Å². The minimum absolute atomic E-state index is 0.132. The third kappa shape index (κ3) is 3.98. The van der Waals surface area contributed by atoms with Crippen LogP contribution in [0.25, 0.3) is 16.7 Å². The predicted molar refractivity (Wildman–Crippen MR) is 127 cm³/mol. The summed E-state index contributed by atoms with van der Waals surface area (Å²) in [5.74, 6) is 0.290. The van der Waals surface area contributed by atoms with Gasteiger partial charge in [-0.05, 0) is 37.4 Å². The van der Waals surface area contributed by atoms with Crippen LogP contribution in [-0.4, -0.2) is 36.6 Å². The zero-order valence-electron chi connectivity index (χ0n) is 17.1. The number of aromatic nitrogens is 4. The molecule has 4 aromatic rings. The molecule has 0 aliphatic carbocycles. The van der Waals surface area contributed by atoms with Crippen LogP contribution < -0.4 is 10.9 Å². The van der Waals surface area contributed by atoms with Crippen molar-refractivity contribution in [2.75, 3.05) is 11.6 Å². The Balaban J connectivity index is 1.71. The molecule has 7 nitrogen and oxygen atoms in total. The number of fused-ring (bicyclic) bond motifs is 3. The first-order valence-electron chi connectivity index (χ1n) is 9.63. The molecule has 0 aliphatic rings. The number of carbonyl (C=O) groups excluding carboxylic acids is 1. The van der Waals surface area contributed by atoms with E-state index in [0.29, 0.717) is 28.4 Å². The van der Waals surface area contributed by atoms with Gasteiger partial charge in [-0.3, -0.25) is 18.6 Å². The molecule has 0 saturated heterocycles. The third-order valence-electron chi connectivity index (χ3n) is 4.81. The van der Waals surface area contributed by atoms with E-state index in [4.69, 9.17) is 0 Å². The Labute approximate surface area is 187 Å². The summed E-state index contributed by atoms with van der Waals surface area (Å²) in [5, 5.41) is 12.2. The molecule has 1 amide bonds. The molecule has 2 aromatic heterocycles. The van der Waals surface area contributed by atoms with Crippen molar-refractivity contribution in [3.8, 4) is 0 Å². The van der Waals surface area contributed by atoms with Gasteiger partial charge in [0.15, 0.2) is 5.16 Å². The fraction of sp³-hybridized carbons (Fsp3) is 0.182. The van der Waals surface area contributed by atoms with Crippen LogP contribution in [0.2, 0.25) is 0 Å². The Morgan fingerprint density at radius 3 is 2.71 bits per heavy atom. The maximum atomic E-state index is 12.9. The number of para-hydroxylation sites is 2. The van der Waals surface area contributed by atoms with Crippen molar-refractivity contribution in [1.82, 2.24) is 19.2 Å². The minimum Gasteiger partial charge on any atom is -0.324 e. The molecule has 0 bridgehead atoms. The van der Waals surface area contributed by atoms with Crippen molar-refractivity contribution >= 4 is 51.8 Å². The van der Waals surface area contributed by atoms with Crippen LogP contribution in [-0.2, 0) is 11.3 Å². The Kier molecular flexibility index (Phi) is 6.15. The number of nitrogens with zero attached hydrogens (tertiary/aromatic N) is 4. The second-order valence-corrected chi connectivity index (χ2v) is 8.95. The van der Waals surface area contributed by atoms with Crippen molar-refractivity contribution in [1.29, 1.82) is 0 Å². The average molecular weight is 452 g/mol. The summed E-state index contributed by atoms with van der Waals surface area (Å²) in [6.07, 6.45) is 3.62. The number of rotatable bonds is 7. The third-order valence-corrected chi connectivity index (χ3v) is 6.64. The van der Waals surface area contributed by atoms with Crippen molar-refractivity contribution in [3.63, 3.8) is 0 Å². The number of hydrogen-bond acceptors (Lipinski definition) is 6. The van der Waals surface area contributed by atoms with Gasteiger partial charge in [-0.1, -0.05) is 42.1 Å². The van der Waals surface area contributed by atoms with Crippen LogP contribution in [0, 0.1) is 0 Å². The maximum absolute atomic E-state index is 12.9. The van der Waals surface area contributed by atoms with Crippen molar-refractivity contribution in [3.05, 3.63) is 71.5 Å². The molecule has 2 aromatic carbocycles. The Hall–Kier alpha value is -3.04. The predicted octanol–water partition coefficient (Wildman–Crippen LogP) is 4.07. The number of anilines is 1. The van der Waals surface area contributed by atoms with Crippen LogP contribution >= 0.6 is 23.5 Å². The first-order valence-corrected chi connectivity index (χ1v) is 11.7. The molecule has 0 spiro atoms. The highest BCUT2D eigenvalue weighted by Gasteiger charge is 2.22. The molecule has 0 fully saturated rings. The topological polar surface area (TPSA) is 81.3 Å². The smallest absolute Gasteiger partial charge is 0.263 e. The van der Waals surface area contributed by atoms with Gasteiger partial charge in [-0.15, -0.1) is 28.5 Å². The van der Waals surface area contributed by atoms with Gasteiger partial charge >= 0.3 is 0 Å². The molecular weight excluding hydrogens is 430 g/mol. The SMILES string of the molecule is C=CCn1c(=O)c2ccccc2n2c(SC(C)C(=O)Nc3ccccc3SC)nnc12. The Morgan fingerprint density at radius 2 is 1.94 bits per heavy atom. The zero-order valence-corrected chi connectivity index (χ0v) is 18.7. The zero-order chi connectivity index (χ0) is 22.0. The normalized spacial score (nSPS) is 12.2. The van der Waals surface area contributed by atoms with E-state index in [9.17, 15) is 9.59 Å². The van der Waals surface area contributed by atoms with Crippen molar-refractivity contribution in [2.24, 2.45) is 0 Å². The minimum atomic E-state index is -0.430. The van der Waals surface area contributed by atoms with Gasteiger partial charge in [0.2, 0.25) is 11.7 Å². The van der Waals surface area contributed by atoms with Gasteiger partial charge in [0, 0.05) is 11.4 Å². The van der Waals surface area contributed by atoms with Gasteiger partial charge in [-0.25, -0.2) is 0 Å². The number of hydrogen-bond donors (Lipinski definition) is 1. The average Bonchev–Trinajstić information content (AvgIpc) is 3.20. The van der Waals surface area contributed by atoms with Crippen LogP contribution in [0.5, 0.6) is 0 Å². The summed E-state index contributed by atoms with van der Waals surface area (Å²) in [5.41, 5.74) is 1.34. The lowest BCUT2D eigenvalue weighted by Gasteiger charge is -2.14. The lowest BCUT2D eigenvalue weighted by Crippen LogP contribution is -2.24. The van der Waals surface area contributed by atoms with E-state index in [1.54, 1.807) is 23.9 Å². The molecule has 2 heterocycles. The number of nitrogens with one attached hydrogen (secondary N) is 1. The molecule has 1 unspecified atom stereocenters. The quantitative estimate of drug-likeness (QED) is 0.337. The van der Waals surface area contributed by atoms with Gasteiger partial charge in [0.25, 0.3) is 5.56 Å². The molecule has 1 N–H and O–H groups in total. The molecule has 31 heavy (non-hydrogen) atoms. The second-order valence-electron chi connectivity index (χ2n) is 6.79. The van der Waals surface area contributed by atoms with E-state index in [2.05, 4.69) is 22.1 Å². The molecule has 0 radical (unpaired) electrons. The molecule has 0 saturated carbocycles. The lowest BCUT2D eigenvalue weighted by molar-refractivity contribution is -0.115. The Morgan fingerprint density at radius 1 is 1.19 bits per heavy atom. The number of allylic oxidation sites excluding steroid dienone is 1. The lowest BCUT2D eigenvalue weighted by atomic mass is 10.2. The summed E-state index contributed by atoms with van der Waals surface area (Å²) in [6.45, 7) is 5.88. The number of benzene rings is 2. The standard InChI is InChI=1S/C22H21N5O2S2/c1-4-13-26-20(29)15-9-5-7-11-17(15)27-21(26)24-25-22(27)31-14(2)19(28)23-16-10-6-8-12-18(16)30-3/h4-12,14H,1,13H2,2-3H3,(H,23,28). The van der Waals surface area contributed by atoms with E-state index in [0.717, 1.165) is 10.6 Å². The molecule has 158 valence electrons. The van der Waals surface area contributed by atoms with E-state index in [1.807, 2.05) is 60.0 Å².